The van der Waals surface area contributed by atoms with E-state index < -0.39 is 32.0 Å². The van der Waals surface area contributed by atoms with Gasteiger partial charge in [-0.15, -0.1) is 0 Å². The molecule has 4 aromatic rings. The van der Waals surface area contributed by atoms with Gasteiger partial charge in [0.05, 0.1) is 16.4 Å². The summed E-state index contributed by atoms with van der Waals surface area (Å²) in [6, 6.07) is 26.5. The third-order valence-electron chi connectivity index (χ3n) is 5.99. The van der Waals surface area contributed by atoms with Crippen LogP contribution in [-0.2, 0) is 34.4 Å². The molecule has 10 nitrogen and oxygen atoms in total. The molecule has 3 N–H and O–H groups in total. The summed E-state index contributed by atoms with van der Waals surface area (Å²) >= 11 is 0. The second-order valence-electron chi connectivity index (χ2n) is 9.85. The number of benzene rings is 4. The number of carboxylic acids is 1. The fourth-order valence-electron chi connectivity index (χ4n) is 3.93. The third kappa shape index (κ3) is 11.4. The SMILES string of the molecule is CCOC(=O)/C=C/c1cccc(NS(=O)(=O)c2cccc(C)c2)c1.Cc1cccc(S(=O)(=O)Nc2cccc(/C=C/C(=O)O)c2)c1. The summed E-state index contributed by atoms with van der Waals surface area (Å²) in [6.45, 7) is 5.68. The molecule has 12 heteroatoms. The van der Waals surface area contributed by atoms with Crippen LogP contribution in [0.1, 0.15) is 29.2 Å². The summed E-state index contributed by atoms with van der Waals surface area (Å²) in [5, 5.41) is 8.61. The lowest BCUT2D eigenvalue weighted by Gasteiger charge is -2.09. The van der Waals surface area contributed by atoms with E-state index in [1.165, 1.54) is 18.2 Å². The molecular weight excluding hydrogens is 629 g/mol. The molecule has 0 aliphatic heterocycles. The molecule has 0 amide bonds. The number of nitrogens with one attached hydrogen (secondary N) is 2. The highest BCUT2D eigenvalue weighted by molar-refractivity contribution is 7.93. The van der Waals surface area contributed by atoms with Gasteiger partial charge in [-0.25, -0.2) is 26.4 Å². The minimum atomic E-state index is -3.67. The van der Waals surface area contributed by atoms with Crippen molar-refractivity contribution in [2.24, 2.45) is 0 Å². The molecule has 0 aliphatic carbocycles. The molecule has 0 spiro atoms. The molecule has 0 radical (unpaired) electrons. The topological polar surface area (TPSA) is 156 Å². The largest absolute Gasteiger partial charge is 0.478 e. The summed E-state index contributed by atoms with van der Waals surface area (Å²) < 4.78 is 59.3. The van der Waals surface area contributed by atoms with E-state index in [1.54, 1.807) is 91.9 Å². The highest BCUT2D eigenvalue weighted by Crippen LogP contribution is 2.20. The molecule has 0 bridgehead atoms. The van der Waals surface area contributed by atoms with Gasteiger partial charge in [0, 0.05) is 23.5 Å². The first-order valence-electron chi connectivity index (χ1n) is 13.9. The van der Waals surface area contributed by atoms with Crippen LogP contribution in [0.2, 0.25) is 0 Å². The summed E-state index contributed by atoms with van der Waals surface area (Å²) in [6.07, 6.45) is 5.26. The maximum Gasteiger partial charge on any atom is 0.330 e. The van der Waals surface area contributed by atoms with E-state index in [0.717, 1.165) is 17.2 Å². The minimum absolute atomic E-state index is 0.180. The van der Waals surface area contributed by atoms with Crippen LogP contribution in [0.15, 0.2) is 119 Å². The van der Waals surface area contributed by atoms with Crippen molar-refractivity contribution in [3.8, 4) is 0 Å². The van der Waals surface area contributed by atoms with Crippen molar-refractivity contribution in [2.45, 2.75) is 30.6 Å². The predicted molar refractivity (Wildman–Crippen MR) is 179 cm³/mol. The maximum absolute atomic E-state index is 12.4. The smallest absolute Gasteiger partial charge is 0.330 e. The van der Waals surface area contributed by atoms with Crippen LogP contribution in [-0.4, -0.2) is 40.5 Å². The number of carboxylic acid groups (broad SMARTS) is 1. The van der Waals surface area contributed by atoms with Gasteiger partial charge in [-0.3, -0.25) is 9.44 Å². The highest BCUT2D eigenvalue weighted by atomic mass is 32.2. The number of carbonyl (C=O) groups is 2. The number of sulfonamides is 2. The van der Waals surface area contributed by atoms with Crippen LogP contribution < -0.4 is 9.44 Å². The molecule has 0 heterocycles. The molecule has 4 aromatic carbocycles. The first-order chi connectivity index (χ1) is 21.8. The van der Waals surface area contributed by atoms with Gasteiger partial charge >= 0.3 is 11.9 Å². The van der Waals surface area contributed by atoms with Crippen molar-refractivity contribution in [2.75, 3.05) is 16.1 Å². The van der Waals surface area contributed by atoms with Gasteiger partial charge < -0.3 is 9.84 Å². The zero-order chi connectivity index (χ0) is 33.7. The molecule has 4 rings (SSSR count). The molecule has 0 saturated heterocycles. The summed E-state index contributed by atoms with van der Waals surface area (Å²) in [7, 11) is -7.33. The Balaban J connectivity index is 0.000000251. The molecule has 0 aliphatic rings. The fourth-order valence-corrected chi connectivity index (χ4v) is 6.23. The van der Waals surface area contributed by atoms with Gasteiger partial charge in [-0.1, -0.05) is 48.5 Å². The lowest BCUT2D eigenvalue weighted by molar-refractivity contribution is -0.137. The zero-order valence-electron chi connectivity index (χ0n) is 25.4. The van der Waals surface area contributed by atoms with E-state index in [-0.39, 0.29) is 9.79 Å². The summed E-state index contributed by atoms with van der Waals surface area (Å²) in [5.41, 5.74) is 3.78. The van der Waals surface area contributed by atoms with Crippen LogP contribution in [0.25, 0.3) is 12.2 Å². The summed E-state index contributed by atoms with van der Waals surface area (Å²) in [4.78, 5) is 22.2. The molecule has 0 saturated carbocycles. The van der Waals surface area contributed by atoms with Crippen LogP contribution >= 0.6 is 0 Å². The van der Waals surface area contributed by atoms with E-state index in [9.17, 15) is 26.4 Å². The normalized spacial score (nSPS) is 11.5. The Bertz CT molecular complexity index is 1970. The van der Waals surface area contributed by atoms with Gasteiger partial charge in [0.1, 0.15) is 0 Å². The first-order valence-corrected chi connectivity index (χ1v) is 16.9. The van der Waals surface area contributed by atoms with Gasteiger partial charge in [-0.05, 0) is 104 Å². The van der Waals surface area contributed by atoms with Gasteiger partial charge in [0.25, 0.3) is 20.0 Å². The number of hydrogen-bond acceptors (Lipinski definition) is 7. The average molecular weight is 663 g/mol. The molecule has 240 valence electrons. The lowest BCUT2D eigenvalue weighted by Crippen LogP contribution is -2.13. The number of carbonyl (C=O) groups excluding carboxylic acids is 1. The van der Waals surface area contributed by atoms with E-state index in [1.807, 2.05) is 26.0 Å². The second-order valence-corrected chi connectivity index (χ2v) is 13.2. The molecular formula is C34H34N2O8S2. The average Bonchev–Trinajstić information content (AvgIpc) is 2.99. The van der Waals surface area contributed by atoms with E-state index >= 15 is 0 Å². The molecule has 46 heavy (non-hydrogen) atoms. The molecule has 0 atom stereocenters. The van der Waals surface area contributed by atoms with Crippen LogP contribution in [0.3, 0.4) is 0 Å². The Hall–Kier alpha value is -5.20. The first kappa shape index (κ1) is 35.3. The number of rotatable bonds is 11. The Morgan fingerprint density at radius 2 is 1.11 bits per heavy atom. The standard InChI is InChI=1S/C18H19NO4S.C16H15NO4S/c1-3-23-18(20)11-10-15-7-5-8-16(13-15)19-24(21,22)17-9-4-6-14(2)12-17;1-12-4-2-7-15(10-12)22(20,21)17-14-6-3-5-13(11-14)8-9-16(18)19/h4-13,19H,3H2,1-2H3;2-11,17H,1H3,(H,18,19)/b11-10+;9-8+. The lowest BCUT2D eigenvalue weighted by atomic mass is 10.2. The van der Waals surface area contributed by atoms with Gasteiger partial charge in [0.15, 0.2) is 0 Å². The number of esters is 1. The molecule has 0 aromatic heterocycles. The Kier molecular flexibility index (Phi) is 12.4. The number of hydrogen-bond donors (Lipinski definition) is 3. The zero-order valence-corrected chi connectivity index (χ0v) is 27.0. The van der Waals surface area contributed by atoms with Crippen molar-refractivity contribution in [1.29, 1.82) is 0 Å². The van der Waals surface area contributed by atoms with Crippen LogP contribution in [0.5, 0.6) is 0 Å². The minimum Gasteiger partial charge on any atom is -0.478 e. The van der Waals surface area contributed by atoms with E-state index in [0.29, 0.717) is 29.1 Å². The number of aliphatic carboxylic acids is 1. The van der Waals surface area contributed by atoms with Crippen LogP contribution in [0.4, 0.5) is 11.4 Å². The van der Waals surface area contributed by atoms with Gasteiger partial charge in [-0.2, -0.15) is 0 Å². The Morgan fingerprint density at radius 3 is 1.52 bits per heavy atom. The Labute approximate surface area is 269 Å². The number of ether oxygens (including phenoxy) is 1. The molecule has 0 fully saturated rings. The molecule has 0 unspecified atom stereocenters. The van der Waals surface area contributed by atoms with Gasteiger partial charge in [0.2, 0.25) is 0 Å². The second kappa shape index (κ2) is 16.2. The predicted octanol–water partition coefficient (Wildman–Crippen LogP) is 6.27. The van der Waals surface area contributed by atoms with Crippen molar-refractivity contribution in [3.63, 3.8) is 0 Å². The van der Waals surface area contributed by atoms with Crippen LogP contribution in [0, 0.1) is 13.8 Å². The summed E-state index contributed by atoms with van der Waals surface area (Å²) in [5.74, 6) is -1.51. The van der Waals surface area contributed by atoms with E-state index in [2.05, 4.69) is 9.44 Å². The number of aryl methyl sites for hydroxylation is 2. The Morgan fingerprint density at radius 1 is 0.674 bits per heavy atom. The number of anilines is 2. The van der Waals surface area contributed by atoms with E-state index in [4.69, 9.17) is 9.84 Å². The maximum atomic E-state index is 12.4. The van der Waals surface area contributed by atoms with Crippen molar-refractivity contribution < 1.29 is 36.3 Å². The fraction of sp³-hybridized carbons (Fsp3) is 0.118. The highest BCUT2D eigenvalue weighted by Gasteiger charge is 2.15. The van der Waals surface area contributed by atoms with Crippen molar-refractivity contribution in [3.05, 3.63) is 131 Å². The van der Waals surface area contributed by atoms with Crippen molar-refractivity contribution >= 4 is 55.5 Å². The quantitative estimate of drug-likeness (QED) is 0.125. The van der Waals surface area contributed by atoms with Crippen molar-refractivity contribution in [1.82, 2.24) is 0 Å². The monoisotopic (exact) mass is 662 g/mol. The third-order valence-corrected chi connectivity index (χ3v) is 8.75.